The molecule has 2 N–H and O–H groups in total. The maximum absolute atomic E-state index is 12.0. The van der Waals surface area contributed by atoms with Gasteiger partial charge in [0.1, 0.15) is 0 Å². The molecule has 2 rings (SSSR count). The van der Waals surface area contributed by atoms with Crippen LogP contribution in [0.25, 0.3) is 0 Å². The minimum absolute atomic E-state index is 0.0420. The summed E-state index contributed by atoms with van der Waals surface area (Å²) in [6.07, 6.45) is 4.56. The Bertz CT molecular complexity index is 604. The van der Waals surface area contributed by atoms with Gasteiger partial charge in [-0.1, -0.05) is 0 Å². The van der Waals surface area contributed by atoms with Gasteiger partial charge in [0, 0.05) is 38.1 Å². The van der Waals surface area contributed by atoms with E-state index in [0.717, 1.165) is 23.2 Å². The van der Waals surface area contributed by atoms with Crippen LogP contribution in [0.4, 0.5) is 5.69 Å². The van der Waals surface area contributed by atoms with E-state index in [1.165, 1.54) is 0 Å². The first-order valence-corrected chi connectivity index (χ1v) is 6.64. The molecule has 0 aliphatic heterocycles. The molecule has 0 spiro atoms. The second-order valence-corrected chi connectivity index (χ2v) is 4.81. The fourth-order valence-electron chi connectivity index (χ4n) is 2.11. The number of amides is 1. The van der Waals surface area contributed by atoms with Gasteiger partial charge in [0.2, 0.25) is 0 Å². The first-order valence-electron chi connectivity index (χ1n) is 6.64. The van der Waals surface area contributed by atoms with Gasteiger partial charge >= 0.3 is 0 Å². The summed E-state index contributed by atoms with van der Waals surface area (Å²) in [5.41, 5.74) is 3.91. The first-order chi connectivity index (χ1) is 9.60. The zero-order valence-electron chi connectivity index (χ0n) is 12.1. The van der Waals surface area contributed by atoms with Crippen LogP contribution < -0.4 is 10.6 Å². The molecule has 1 amide bonds. The average Bonchev–Trinajstić information content (AvgIpc) is 2.84. The molecule has 20 heavy (non-hydrogen) atoms. The van der Waals surface area contributed by atoms with Crippen molar-refractivity contribution in [2.24, 2.45) is 7.05 Å². The third-order valence-electron chi connectivity index (χ3n) is 3.22. The summed E-state index contributed by atoms with van der Waals surface area (Å²) >= 11 is 0. The number of benzene rings is 1. The molecule has 0 fully saturated rings. The van der Waals surface area contributed by atoms with Crippen molar-refractivity contribution < 1.29 is 4.79 Å². The monoisotopic (exact) mass is 272 g/mol. The molecule has 1 heterocycles. The van der Waals surface area contributed by atoms with Gasteiger partial charge in [-0.25, -0.2) is 0 Å². The maximum atomic E-state index is 12.0. The van der Waals surface area contributed by atoms with Crippen LogP contribution in [0, 0.1) is 6.92 Å². The Morgan fingerprint density at radius 1 is 1.40 bits per heavy atom. The Morgan fingerprint density at radius 3 is 2.80 bits per heavy atom. The number of hydrogen-bond acceptors (Lipinski definition) is 3. The second kappa shape index (κ2) is 6.23. The summed E-state index contributed by atoms with van der Waals surface area (Å²) in [5.74, 6) is -0.0420. The summed E-state index contributed by atoms with van der Waals surface area (Å²) in [5, 5.41) is 10.1. The number of aryl methyl sites for hydroxylation is 2. The molecule has 0 aliphatic rings. The van der Waals surface area contributed by atoms with Crippen LogP contribution in [0.5, 0.6) is 0 Å². The largest absolute Gasteiger partial charge is 0.388 e. The van der Waals surface area contributed by atoms with Gasteiger partial charge in [-0.2, -0.15) is 5.10 Å². The Morgan fingerprint density at radius 2 is 2.20 bits per heavy atom. The standard InChI is InChI=1S/C15H20N4O/c1-11-8-13(4-5-14(11)16-2)15(20)17-7-6-12-9-18-19(3)10-12/h4-5,8-10,16H,6-7H2,1-3H3,(H,17,20). The van der Waals surface area contributed by atoms with E-state index in [1.807, 2.05) is 51.6 Å². The van der Waals surface area contributed by atoms with Gasteiger partial charge in [0.25, 0.3) is 5.91 Å². The maximum Gasteiger partial charge on any atom is 0.251 e. The lowest BCUT2D eigenvalue weighted by atomic mass is 10.1. The van der Waals surface area contributed by atoms with Gasteiger partial charge in [-0.05, 0) is 42.7 Å². The van der Waals surface area contributed by atoms with Gasteiger partial charge in [0.15, 0.2) is 0 Å². The molecule has 0 unspecified atom stereocenters. The van der Waals surface area contributed by atoms with E-state index in [9.17, 15) is 4.79 Å². The second-order valence-electron chi connectivity index (χ2n) is 4.81. The number of aromatic nitrogens is 2. The third kappa shape index (κ3) is 3.38. The lowest BCUT2D eigenvalue weighted by Gasteiger charge is -2.08. The van der Waals surface area contributed by atoms with Crippen LogP contribution >= 0.6 is 0 Å². The minimum Gasteiger partial charge on any atom is -0.388 e. The minimum atomic E-state index is -0.0420. The highest BCUT2D eigenvalue weighted by Crippen LogP contribution is 2.15. The fourth-order valence-corrected chi connectivity index (χ4v) is 2.11. The lowest BCUT2D eigenvalue weighted by molar-refractivity contribution is 0.0954. The van der Waals surface area contributed by atoms with Crippen molar-refractivity contribution in [1.29, 1.82) is 0 Å². The Hall–Kier alpha value is -2.30. The van der Waals surface area contributed by atoms with Crippen LogP contribution in [0.2, 0.25) is 0 Å². The number of carbonyl (C=O) groups excluding carboxylic acids is 1. The normalized spacial score (nSPS) is 10.3. The molecular weight excluding hydrogens is 252 g/mol. The van der Waals surface area contributed by atoms with Crippen LogP contribution in [0.3, 0.4) is 0 Å². The molecular formula is C15H20N4O. The number of carbonyl (C=O) groups is 1. The molecule has 0 saturated carbocycles. The van der Waals surface area contributed by atoms with Crippen LogP contribution in [-0.4, -0.2) is 29.3 Å². The van der Waals surface area contributed by atoms with Crippen molar-refractivity contribution in [2.75, 3.05) is 18.9 Å². The molecule has 0 bridgehead atoms. The quantitative estimate of drug-likeness (QED) is 0.871. The molecule has 1 aromatic carbocycles. The van der Waals surface area contributed by atoms with Crippen LogP contribution in [-0.2, 0) is 13.5 Å². The van der Waals surface area contributed by atoms with E-state index in [4.69, 9.17) is 0 Å². The van der Waals surface area contributed by atoms with Gasteiger partial charge in [-0.3, -0.25) is 9.48 Å². The number of hydrogen-bond donors (Lipinski definition) is 2. The molecule has 0 saturated heterocycles. The van der Waals surface area contributed by atoms with E-state index < -0.39 is 0 Å². The van der Waals surface area contributed by atoms with Crippen molar-refractivity contribution in [2.45, 2.75) is 13.3 Å². The molecule has 0 radical (unpaired) electrons. The first kappa shape index (κ1) is 14.1. The molecule has 0 aliphatic carbocycles. The van der Waals surface area contributed by atoms with E-state index in [-0.39, 0.29) is 5.91 Å². The molecule has 2 aromatic rings. The van der Waals surface area contributed by atoms with Gasteiger partial charge < -0.3 is 10.6 Å². The van der Waals surface area contributed by atoms with Gasteiger partial charge in [0.05, 0.1) is 6.20 Å². The number of nitrogens with zero attached hydrogens (tertiary/aromatic N) is 2. The summed E-state index contributed by atoms with van der Waals surface area (Å²) < 4.78 is 1.76. The highest BCUT2D eigenvalue weighted by molar-refractivity contribution is 5.94. The average molecular weight is 272 g/mol. The summed E-state index contributed by atoms with van der Waals surface area (Å²) in [4.78, 5) is 12.0. The van der Waals surface area contributed by atoms with Crippen molar-refractivity contribution >= 4 is 11.6 Å². The van der Waals surface area contributed by atoms with Crippen LogP contribution in [0.1, 0.15) is 21.5 Å². The van der Waals surface area contributed by atoms with Gasteiger partial charge in [-0.15, -0.1) is 0 Å². The molecule has 5 heteroatoms. The smallest absolute Gasteiger partial charge is 0.251 e. The number of rotatable bonds is 5. The van der Waals surface area contributed by atoms with E-state index >= 15 is 0 Å². The highest BCUT2D eigenvalue weighted by atomic mass is 16.1. The summed E-state index contributed by atoms with van der Waals surface area (Å²) in [6, 6.07) is 5.65. The molecule has 5 nitrogen and oxygen atoms in total. The fraction of sp³-hybridized carbons (Fsp3) is 0.333. The molecule has 0 atom stereocenters. The third-order valence-corrected chi connectivity index (χ3v) is 3.22. The SMILES string of the molecule is CNc1ccc(C(=O)NCCc2cnn(C)c2)cc1C. The molecule has 1 aromatic heterocycles. The van der Waals surface area contributed by atoms with Crippen molar-refractivity contribution in [3.05, 3.63) is 47.3 Å². The van der Waals surface area contributed by atoms with Crippen LogP contribution in [0.15, 0.2) is 30.6 Å². The molecule has 106 valence electrons. The number of anilines is 1. The highest BCUT2D eigenvalue weighted by Gasteiger charge is 2.07. The predicted octanol–water partition coefficient (Wildman–Crippen LogP) is 1.74. The predicted molar refractivity (Wildman–Crippen MR) is 80.0 cm³/mol. The van der Waals surface area contributed by atoms with E-state index in [2.05, 4.69) is 15.7 Å². The van der Waals surface area contributed by atoms with Crippen molar-refractivity contribution in [1.82, 2.24) is 15.1 Å². The summed E-state index contributed by atoms with van der Waals surface area (Å²) in [6.45, 7) is 2.59. The zero-order valence-corrected chi connectivity index (χ0v) is 12.1. The summed E-state index contributed by atoms with van der Waals surface area (Å²) in [7, 11) is 3.75. The zero-order chi connectivity index (χ0) is 14.5. The van der Waals surface area contributed by atoms with Crippen molar-refractivity contribution in [3.63, 3.8) is 0 Å². The number of nitrogens with one attached hydrogen (secondary N) is 2. The Balaban J connectivity index is 1.90. The van der Waals surface area contributed by atoms with Crippen molar-refractivity contribution in [3.8, 4) is 0 Å². The Labute approximate surface area is 119 Å². The van der Waals surface area contributed by atoms with E-state index in [1.54, 1.807) is 4.68 Å². The Kier molecular flexibility index (Phi) is 4.40. The van der Waals surface area contributed by atoms with E-state index in [0.29, 0.717) is 12.1 Å². The topological polar surface area (TPSA) is 59.0 Å². The lowest BCUT2D eigenvalue weighted by Crippen LogP contribution is -2.25.